The van der Waals surface area contributed by atoms with Crippen molar-refractivity contribution >= 4 is 41.3 Å². The molecule has 0 aliphatic carbocycles. The summed E-state index contributed by atoms with van der Waals surface area (Å²) in [4.78, 5) is 26.0. The number of benzene rings is 1. The summed E-state index contributed by atoms with van der Waals surface area (Å²) in [6, 6.07) is 4.58. The smallest absolute Gasteiger partial charge is 0.414 e. The van der Waals surface area contributed by atoms with Gasteiger partial charge in [-0.2, -0.15) is 0 Å². The Hall–Kier alpha value is -2.66. The molecule has 2 N–H and O–H groups in total. The van der Waals surface area contributed by atoms with E-state index >= 15 is 0 Å². The van der Waals surface area contributed by atoms with Crippen LogP contribution in [-0.4, -0.2) is 68.7 Å². The summed E-state index contributed by atoms with van der Waals surface area (Å²) in [6.07, 6.45) is -0.270. The number of carbonyl (C=O) groups excluding carboxylic acids is 2. The highest BCUT2D eigenvalue weighted by Crippen LogP contribution is 2.28. The third-order valence-electron chi connectivity index (χ3n) is 4.32. The molecular weight excluding hydrogens is 377 g/mol. The number of rotatable bonds is 5. The van der Waals surface area contributed by atoms with E-state index in [4.69, 9.17) is 21.7 Å². The molecule has 1 atom stereocenters. The number of cyclic esters (lactones) is 1. The second kappa shape index (κ2) is 8.35. The zero-order valence-electron chi connectivity index (χ0n) is 14.7. The van der Waals surface area contributed by atoms with Crippen molar-refractivity contribution in [3.8, 4) is 0 Å². The predicted octanol–water partition coefficient (Wildman–Crippen LogP) is 0.412. The van der Waals surface area contributed by atoms with Crippen LogP contribution < -0.4 is 20.5 Å². The minimum Gasteiger partial charge on any atom is -0.474 e. The summed E-state index contributed by atoms with van der Waals surface area (Å²) >= 11 is 4.88. The van der Waals surface area contributed by atoms with Crippen LogP contribution >= 0.6 is 12.2 Å². The number of amides is 2. The lowest BCUT2D eigenvalue weighted by Gasteiger charge is -2.35. The van der Waals surface area contributed by atoms with Crippen LogP contribution in [0.4, 0.5) is 20.6 Å². The monoisotopic (exact) mass is 397 g/mol. The first-order chi connectivity index (χ1) is 13.0. The van der Waals surface area contributed by atoms with E-state index in [2.05, 4.69) is 10.7 Å². The summed E-state index contributed by atoms with van der Waals surface area (Å²) in [5.41, 5.74) is 3.68. The standard InChI is InChI=1S/C16H20FN5O4S/c1-25-15(27)18-7-12-8-22(16(24)26-12)11-2-3-14(13(17)6-11)20-4-5-21(10-23)19-9-20/h2-3,6,10,12,19H,4-5,7-9H2,1H3,(H,18,27). The minimum atomic E-state index is -0.543. The maximum absolute atomic E-state index is 14.6. The molecule has 2 saturated heterocycles. The van der Waals surface area contributed by atoms with Gasteiger partial charge in [-0.15, -0.1) is 0 Å². The fourth-order valence-electron chi connectivity index (χ4n) is 2.89. The van der Waals surface area contributed by atoms with Crippen molar-refractivity contribution in [2.75, 3.05) is 49.8 Å². The van der Waals surface area contributed by atoms with Gasteiger partial charge in [-0.3, -0.25) is 14.7 Å². The Labute approximate surface area is 160 Å². The average Bonchev–Trinajstić information content (AvgIpc) is 3.06. The topological polar surface area (TPSA) is 86.4 Å². The van der Waals surface area contributed by atoms with E-state index in [1.165, 1.54) is 23.1 Å². The fourth-order valence-corrected chi connectivity index (χ4v) is 2.97. The third kappa shape index (κ3) is 4.37. The quantitative estimate of drug-likeness (QED) is 0.546. The summed E-state index contributed by atoms with van der Waals surface area (Å²) in [6.45, 7) is 1.84. The SMILES string of the molecule is COC(=S)NCC1CN(c2ccc(N3CCN(C=O)NC3)c(F)c2)C(=O)O1. The Morgan fingerprint density at radius 3 is 2.96 bits per heavy atom. The highest BCUT2D eigenvalue weighted by atomic mass is 32.1. The van der Waals surface area contributed by atoms with Crippen LogP contribution in [0.5, 0.6) is 0 Å². The van der Waals surface area contributed by atoms with Crippen LogP contribution in [0, 0.1) is 5.82 Å². The molecule has 27 heavy (non-hydrogen) atoms. The lowest BCUT2D eigenvalue weighted by molar-refractivity contribution is -0.121. The van der Waals surface area contributed by atoms with Gasteiger partial charge in [0.2, 0.25) is 6.41 Å². The molecule has 2 heterocycles. The molecule has 11 heteroatoms. The van der Waals surface area contributed by atoms with Gasteiger partial charge < -0.3 is 19.7 Å². The maximum atomic E-state index is 14.6. The normalized spacial score (nSPS) is 19.7. The number of ether oxygens (including phenoxy) is 2. The van der Waals surface area contributed by atoms with Gasteiger partial charge in [-0.25, -0.2) is 14.6 Å². The zero-order chi connectivity index (χ0) is 19.4. The third-order valence-corrected chi connectivity index (χ3v) is 4.63. The minimum absolute atomic E-state index is 0.211. The molecule has 9 nitrogen and oxygen atoms in total. The van der Waals surface area contributed by atoms with Crippen molar-refractivity contribution in [2.24, 2.45) is 0 Å². The van der Waals surface area contributed by atoms with Crippen LogP contribution in [0.15, 0.2) is 18.2 Å². The molecule has 146 valence electrons. The number of nitrogens with one attached hydrogen (secondary N) is 2. The van der Waals surface area contributed by atoms with Crippen molar-refractivity contribution in [3.63, 3.8) is 0 Å². The van der Waals surface area contributed by atoms with Gasteiger partial charge in [0.15, 0.2) is 0 Å². The Bertz CT molecular complexity index is 729. The largest absolute Gasteiger partial charge is 0.474 e. The summed E-state index contributed by atoms with van der Waals surface area (Å²) in [7, 11) is 1.45. The van der Waals surface area contributed by atoms with Crippen molar-refractivity contribution in [1.29, 1.82) is 0 Å². The highest BCUT2D eigenvalue weighted by Gasteiger charge is 2.33. The molecule has 2 aliphatic rings. The van der Waals surface area contributed by atoms with Gasteiger partial charge in [0.25, 0.3) is 5.17 Å². The molecular formula is C16H20FN5O4S. The fraction of sp³-hybridized carbons (Fsp3) is 0.438. The summed E-state index contributed by atoms with van der Waals surface area (Å²) < 4.78 is 24.7. The molecule has 2 aliphatic heterocycles. The molecule has 2 amide bonds. The van der Waals surface area contributed by atoms with Gasteiger partial charge in [0.05, 0.1) is 44.8 Å². The van der Waals surface area contributed by atoms with E-state index in [1.54, 1.807) is 17.0 Å². The van der Waals surface area contributed by atoms with E-state index in [0.29, 0.717) is 44.1 Å². The average molecular weight is 397 g/mol. The Kier molecular flexibility index (Phi) is 5.91. The molecule has 3 rings (SSSR count). The molecule has 0 saturated carbocycles. The van der Waals surface area contributed by atoms with Crippen molar-refractivity contribution in [3.05, 3.63) is 24.0 Å². The van der Waals surface area contributed by atoms with Crippen molar-refractivity contribution < 1.29 is 23.5 Å². The highest BCUT2D eigenvalue weighted by molar-refractivity contribution is 7.80. The molecule has 0 radical (unpaired) electrons. The predicted molar refractivity (Wildman–Crippen MR) is 99.7 cm³/mol. The lowest BCUT2D eigenvalue weighted by Crippen LogP contribution is -2.53. The van der Waals surface area contributed by atoms with Gasteiger partial charge in [0, 0.05) is 6.54 Å². The number of hydrogen-bond acceptors (Lipinski definition) is 7. The number of anilines is 2. The number of thiocarbonyl (C=S) groups is 1. The van der Waals surface area contributed by atoms with E-state index in [0.717, 1.165) is 0 Å². The van der Waals surface area contributed by atoms with Crippen LogP contribution in [0.1, 0.15) is 0 Å². The van der Waals surface area contributed by atoms with E-state index < -0.39 is 18.0 Å². The zero-order valence-corrected chi connectivity index (χ0v) is 15.5. The molecule has 1 aromatic rings. The first-order valence-corrected chi connectivity index (χ1v) is 8.72. The number of methoxy groups -OCH3 is 1. The Morgan fingerprint density at radius 1 is 1.52 bits per heavy atom. The number of hydrogen-bond donors (Lipinski definition) is 2. The van der Waals surface area contributed by atoms with Gasteiger partial charge in [-0.1, -0.05) is 0 Å². The van der Waals surface area contributed by atoms with E-state index in [1.807, 2.05) is 0 Å². The second-order valence-corrected chi connectivity index (χ2v) is 6.37. The summed E-state index contributed by atoms with van der Waals surface area (Å²) in [5, 5.41) is 4.45. The lowest BCUT2D eigenvalue weighted by atomic mass is 10.2. The van der Waals surface area contributed by atoms with Crippen LogP contribution in [-0.2, 0) is 14.3 Å². The number of hydrazine groups is 1. The van der Waals surface area contributed by atoms with Gasteiger partial charge in [0.1, 0.15) is 11.9 Å². The molecule has 0 aromatic heterocycles. The molecule has 0 bridgehead atoms. The molecule has 2 fully saturated rings. The summed E-state index contributed by atoms with van der Waals surface area (Å²) in [5.74, 6) is -0.455. The number of nitrogens with zero attached hydrogens (tertiary/aromatic N) is 3. The van der Waals surface area contributed by atoms with Crippen LogP contribution in [0.2, 0.25) is 0 Å². The molecule has 0 spiro atoms. The first kappa shape index (κ1) is 19.1. The first-order valence-electron chi connectivity index (χ1n) is 8.31. The van der Waals surface area contributed by atoms with Crippen LogP contribution in [0.25, 0.3) is 0 Å². The molecule has 1 aromatic carbocycles. The van der Waals surface area contributed by atoms with Gasteiger partial charge >= 0.3 is 6.09 Å². The van der Waals surface area contributed by atoms with E-state index in [9.17, 15) is 14.0 Å². The number of carbonyl (C=O) groups is 2. The molecule has 1 unspecified atom stereocenters. The van der Waals surface area contributed by atoms with Crippen molar-refractivity contribution in [1.82, 2.24) is 15.8 Å². The maximum Gasteiger partial charge on any atom is 0.414 e. The Balaban J connectivity index is 1.64. The van der Waals surface area contributed by atoms with Crippen molar-refractivity contribution in [2.45, 2.75) is 6.10 Å². The van der Waals surface area contributed by atoms with Crippen LogP contribution in [0.3, 0.4) is 0 Å². The van der Waals surface area contributed by atoms with E-state index in [-0.39, 0.29) is 11.7 Å². The number of halogens is 1. The second-order valence-electron chi connectivity index (χ2n) is 6.00. The Morgan fingerprint density at radius 2 is 2.33 bits per heavy atom. The van der Waals surface area contributed by atoms with Gasteiger partial charge in [-0.05, 0) is 30.4 Å².